The Hall–Kier alpha value is -3.26. The first-order chi connectivity index (χ1) is 15.4. The van der Waals surface area contributed by atoms with Gasteiger partial charge in [-0.25, -0.2) is 0 Å². The van der Waals surface area contributed by atoms with E-state index in [1.165, 1.54) is 24.3 Å². The lowest BCUT2D eigenvalue weighted by Gasteiger charge is -2.43. The molecule has 5 rings (SSSR count). The van der Waals surface area contributed by atoms with Crippen molar-refractivity contribution < 1.29 is 27.4 Å². The Balaban J connectivity index is 1.51. The van der Waals surface area contributed by atoms with Crippen LogP contribution >= 0.6 is 0 Å². The molecule has 1 spiro atoms. The van der Waals surface area contributed by atoms with Gasteiger partial charge in [-0.2, -0.15) is 13.2 Å². The molecule has 2 aromatic carbocycles. The van der Waals surface area contributed by atoms with Gasteiger partial charge < -0.3 is 19.4 Å². The van der Waals surface area contributed by atoms with Gasteiger partial charge in [0, 0.05) is 30.2 Å². The van der Waals surface area contributed by atoms with Gasteiger partial charge in [0.1, 0.15) is 11.5 Å². The molecule has 8 heteroatoms. The van der Waals surface area contributed by atoms with Gasteiger partial charge in [-0.1, -0.05) is 12.1 Å². The van der Waals surface area contributed by atoms with Crippen molar-refractivity contribution in [1.29, 1.82) is 0 Å². The van der Waals surface area contributed by atoms with Crippen molar-refractivity contribution in [2.75, 3.05) is 19.7 Å². The van der Waals surface area contributed by atoms with E-state index < -0.39 is 18.4 Å². The first-order valence-corrected chi connectivity index (χ1v) is 10.4. The normalized spacial score (nSPS) is 16.7. The highest BCUT2D eigenvalue weighted by Gasteiger charge is 2.45. The Morgan fingerprint density at radius 2 is 1.78 bits per heavy atom. The van der Waals surface area contributed by atoms with Crippen molar-refractivity contribution in [2.24, 2.45) is 0 Å². The third-order valence-electron chi connectivity index (χ3n) is 5.92. The van der Waals surface area contributed by atoms with Gasteiger partial charge in [0.2, 0.25) is 0 Å². The minimum absolute atomic E-state index is 0.0601. The fraction of sp³-hybridized carbons (Fsp3) is 0.292. The number of aromatic nitrogens is 1. The van der Waals surface area contributed by atoms with Crippen LogP contribution in [0.15, 0.2) is 60.8 Å². The number of rotatable bonds is 4. The van der Waals surface area contributed by atoms with Crippen LogP contribution in [0.3, 0.4) is 0 Å². The van der Waals surface area contributed by atoms with Crippen molar-refractivity contribution in [3.63, 3.8) is 0 Å². The number of hydrogen-bond acceptors (Lipinski definition) is 4. The zero-order valence-electron chi connectivity index (χ0n) is 17.1. The molecule has 3 aromatic rings. The third kappa shape index (κ3) is 3.64. The number of halogens is 3. The second-order valence-corrected chi connectivity index (χ2v) is 8.02. The summed E-state index contributed by atoms with van der Waals surface area (Å²) in [4.78, 5) is 13.4. The predicted molar refractivity (Wildman–Crippen MR) is 112 cm³/mol. The van der Waals surface area contributed by atoms with Gasteiger partial charge in [-0.15, -0.1) is 0 Å². The van der Waals surface area contributed by atoms with Crippen molar-refractivity contribution in [2.45, 2.75) is 24.6 Å². The fourth-order valence-corrected chi connectivity index (χ4v) is 4.48. The minimum atomic E-state index is -4.42. The zero-order valence-corrected chi connectivity index (χ0v) is 17.1. The van der Waals surface area contributed by atoms with Gasteiger partial charge >= 0.3 is 6.18 Å². The quantitative estimate of drug-likeness (QED) is 0.599. The van der Waals surface area contributed by atoms with Crippen LogP contribution < -0.4 is 14.8 Å². The molecular formula is C24H21F3N2O3. The van der Waals surface area contributed by atoms with E-state index in [1.807, 2.05) is 35.0 Å². The van der Waals surface area contributed by atoms with Crippen molar-refractivity contribution in [3.05, 3.63) is 77.6 Å². The van der Waals surface area contributed by atoms with E-state index in [2.05, 4.69) is 5.32 Å². The summed E-state index contributed by atoms with van der Waals surface area (Å²) in [6.07, 6.45) is -1.10. The molecule has 32 heavy (non-hydrogen) atoms. The first kappa shape index (κ1) is 20.6. The van der Waals surface area contributed by atoms with Crippen molar-refractivity contribution >= 4 is 5.78 Å². The average Bonchev–Trinajstić information content (AvgIpc) is 3.24. The number of para-hydroxylation sites is 2. The van der Waals surface area contributed by atoms with Crippen molar-refractivity contribution in [3.8, 4) is 17.2 Å². The molecular weight excluding hydrogens is 421 g/mol. The highest BCUT2D eigenvalue weighted by Crippen LogP contribution is 2.46. The Morgan fingerprint density at radius 3 is 2.50 bits per heavy atom. The molecule has 1 aromatic heterocycles. The number of alkyl halides is 3. The molecule has 0 atom stereocenters. The second-order valence-electron chi connectivity index (χ2n) is 8.02. The molecule has 5 nitrogen and oxygen atoms in total. The average molecular weight is 442 g/mol. The lowest BCUT2D eigenvalue weighted by molar-refractivity contribution is -0.153. The van der Waals surface area contributed by atoms with E-state index in [1.54, 1.807) is 6.07 Å². The summed E-state index contributed by atoms with van der Waals surface area (Å²) in [6, 6.07) is 15.3. The van der Waals surface area contributed by atoms with Crippen LogP contribution in [0.1, 0.15) is 34.5 Å². The third-order valence-corrected chi connectivity index (χ3v) is 5.92. The standard InChI is InChI=1S/C24H21F3N2O3/c25-24(26,27)15-31-17-7-5-16(6-8-17)21(30)18-9-14-29-19-3-1-2-4-20(19)32-23(22(18)29)10-12-28-13-11-23/h1-9,14,28H,10-13,15H2. The van der Waals surface area contributed by atoms with Gasteiger partial charge in [0.15, 0.2) is 18.0 Å². The Kier molecular flexibility index (Phi) is 4.97. The molecule has 0 bridgehead atoms. The minimum Gasteiger partial charge on any atom is -0.484 e. The first-order valence-electron chi connectivity index (χ1n) is 10.4. The number of hydrogen-bond donors (Lipinski definition) is 1. The van der Waals surface area contributed by atoms with Gasteiger partial charge in [0.25, 0.3) is 0 Å². The van der Waals surface area contributed by atoms with Gasteiger partial charge in [-0.3, -0.25) is 4.79 Å². The van der Waals surface area contributed by atoms with E-state index in [-0.39, 0.29) is 11.5 Å². The van der Waals surface area contributed by atoms with E-state index >= 15 is 0 Å². The fourth-order valence-electron chi connectivity index (χ4n) is 4.48. The highest BCUT2D eigenvalue weighted by molar-refractivity contribution is 6.10. The number of piperidine rings is 1. The van der Waals surface area contributed by atoms with Crippen LogP contribution in [0.5, 0.6) is 11.5 Å². The van der Waals surface area contributed by atoms with E-state index in [0.29, 0.717) is 11.1 Å². The number of benzene rings is 2. The van der Waals surface area contributed by atoms with E-state index in [4.69, 9.17) is 9.47 Å². The molecule has 2 aliphatic heterocycles. The number of carbonyl (C=O) groups excluding carboxylic acids is 1. The van der Waals surface area contributed by atoms with Crippen LogP contribution in [0.2, 0.25) is 0 Å². The molecule has 1 saturated heterocycles. The predicted octanol–water partition coefficient (Wildman–Crippen LogP) is 4.62. The summed E-state index contributed by atoms with van der Waals surface area (Å²) >= 11 is 0. The number of fused-ring (bicyclic) bond motifs is 4. The van der Waals surface area contributed by atoms with Gasteiger partial charge in [-0.05, 0) is 55.6 Å². The maximum absolute atomic E-state index is 13.4. The maximum atomic E-state index is 13.4. The number of nitrogens with one attached hydrogen (secondary N) is 1. The summed E-state index contributed by atoms with van der Waals surface area (Å²) in [5.41, 5.74) is 1.98. The zero-order chi connectivity index (χ0) is 22.3. The molecule has 0 radical (unpaired) electrons. The summed E-state index contributed by atoms with van der Waals surface area (Å²) in [6.45, 7) is 0.166. The van der Waals surface area contributed by atoms with Gasteiger partial charge in [0.05, 0.1) is 11.4 Å². The van der Waals surface area contributed by atoms with Crippen LogP contribution in [-0.4, -0.2) is 36.2 Å². The van der Waals surface area contributed by atoms with E-state index in [9.17, 15) is 18.0 Å². The number of ether oxygens (including phenoxy) is 2. The van der Waals surface area contributed by atoms with Crippen LogP contribution in [0.25, 0.3) is 5.69 Å². The summed E-state index contributed by atoms with van der Waals surface area (Å²) in [5, 5.41) is 3.34. The molecule has 2 aliphatic rings. The number of nitrogens with zero attached hydrogens (tertiary/aromatic N) is 1. The number of carbonyl (C=O) groups is 1. The van der Waals surface area contributed by atoms with Crippen LogP contribution in [0, 0.1) is 0 Å². The summed E-state index contributed by atoms with van der Waals surface area (Å²) in [5.74, 6) is 0.634. The molecule has 1 N–H and O–H groups in total. The van der Waals surface area contributed by atoms with Crippen LogP contribution in [-0.2, 0) is 5.60 Å². The molecule has 0 aliphatic carbocycles. The Labute approximate surface area is 182 Å². The van der Waals surface area contributed by atoms with Crippen molar-refractivity contribution in [1.82, 2.24) is 9.88 Å². The summed E-state index contributed by atoms with van der Waals surface area (Å²) in [7, 11) is 0. The van der Waals surface area contributed by atoms with Crippen LogP contribution in [0.4, 0.5) is 13.2 Å². The molecule has 166 valence electrons. The Morgan fingerprint density at radius 1 is 1.06 bits per heavy atom. The molecule has 0 amide bonds. The molecule has 0 unspecified atom stereocenters. The molecule has 0 saturated carbocycles. The monoisotopic (exact) mass is 442 g/mol. The molecule has 3 heterocycles. The SMILES string of the molecule is O=C(c1ccc(OCC(F)(F)F)cc1)c1ccn2c1C1(CCNCC1)Oc1ccccc1-2. The van der Waals surface area contributed by atoms with E-state index in [0.717, 1.165) is 43.1 Å². The smallest absolute Gasteiger partial charge is 0.422 e. The summed E-state index contributed by atoms with van der Waals surface area (Å²) < 4.78 is 50.4. The largest absolute Gasteiger partial charge is 0.484 e. The topological polar surface area (TPSA) is 52.5 Å². The maximum Gasteiger partial charge on any atom is 0.422 e. The Bertz CT molecular complexity index is 1150. The number of ketones is 1. The lowest BCUT2D eigenvalue weighted by Crippen LogP contribution is -2.47. The molecule has 1 fully saturated rings. The lowest BCUT2D eigenvalue weighted by atomic mass is 9.84. The highest BCUT2D eigenvalue weighted by atomic mass is 19.4. The second kappa shape index (κ2) is 7.70.